The fourth-order valence-corrected chi connectivity index (χ4v) is 2.51. The van der Waals surface area contributed by atoms with Crippen molar-refractivity contribution in [2.45, 2.75) is 39.7 Å². The maximum absolute atomic E-state index is 11.2. The highest BCUT2D eigenvalue weighted by Gasteiger charge is 2.19. The lowest BCUT2D eigenvalue weighted by atomic mass is 10.2. The van der Waals surface area contributed by atoms with Crippen LogP contribution in [0.1, 0.15) is 53.0 Å². The van der Waals surface area contributed by atoms with Crippen LogP contribution in [0.5, 0.6) is 5.75 Å². The van der Waals surface area contributed by atoms with Crippen LogP contribution in [0.4, 0.5) is 0 Å². The zero-order chi connectivity index (χ0) is 14.7. The first-order valence-corrected chi connectivity index (χ1v) is 7.14. The topological polar surface area (TPSA) is 85.5 Å². The SMILES string of the molecule is CCc1nnc(COc2cc(C(C)C)sc2C(=O)O)o1. The summed E-state index contributed by atoms with van der Waals surface area (Å²) in [7, 11) is 0. The average Bonchev–Trinajstić information content (AvgIpc) is 3.02. The number of thiophene rings is 1. The fourth-order valence-electron chi connectivity index (χ4n) is 1.56. The molecule has 0 aliphatic heterocycles. The van der Waals surface area contributed by atoms with Gasteiger partial charge in [0.15, 0.2) is 11.5 Å². The maximum Gasteiger partial charge on any atom is 0.349 e. The van der Waals surface area contributed by atoms with E-state index in [4.69, 9.17) is 9.15 Å². The maximum atomic E-state index is 11.2. The first kappa shape index (κ1) is 14.5. The molecule has 0 aliphatic carbocycles. The number of hydrogen-bond donors (Lipinski definition) is 1. The van der Waals surface area contributed by atoms with Gasteiger partial charge in [0.05, 0.1) is 0 Å². The average molecular weight is 296 g/mol. The molecular weight excluding hydrogens is 280 g/mol. The minimum absolute atomic E-state index is 0.0710. The number of hydrogen-bond acceptors (Lipinski definition) is 6. The van der Waals surface area contributed by atoms with Gasteiger partial charge in [0.2, 0.25) is 5.89 Å². The standard InChI is InChI=1S/C13H16N2O4S/c1-4-10-14-15-11(19-10)6-18-8-5-9(7(2)3)20-12(8)13(16)17/h5,7H,4,6H2,1-3H3,(H,16,17). The molecule has 2 heterocycles. The number of aromatic nitrogens is 2. The molecule has 2 aromatic heterocycles. The van der Waals surface area contributed by atoms with E-state index in [2.05, 4.69) is 10.2 Å². The highest BCUT2D eigenvalue weighted by molar-refractivity contribution is 7.14. The Morgan fingerprint density at radius 3 is 2.70 bits per heavy atom. The Kier molecular flexibility index (Phi) is 4.39. The molecule has 1 N–H and O–H groups in total. The van der Waals surface area contributed by atoms with Crippen LogP contribution in [0, 0.1) is 0 Å². The zero-order valence-electron chi connectivity index (χ0n) is 11.5. The molecule has 0 spiro atoms. The number of nitrogens with zero attached hydrogens (tertiary/aromatic N) is 2. The summed E-state index contributed by atoms with van der Waals surface area (Å²) in [6.07, 6.45) is 0.656. The lowest BCUT2D eigenvalue weighted by Crippen LogP contribution is -2.00. The summed E-state index contributed by atoms with van der Waals surface area (Å²) in [6.45, 7) is 6.00. The number of aromatic carboxylic acids is 1. The first-order valence-electron chi connectivity index (χ1n) is 6.32. The lowest BCUT2D eigenvalue weighted by molar-refractivity contribution is 0.0697. The van der Waals surface area contributed by atoms with Crippen LogP contribution in [0.25, 0.3) is 0 Å². The minimum Gasteiger partial charge on any atom is -0.482 e. The minimum atomic E-state index is -0.989. The van der Waals surface area contributed by atoms with Crippen LogP contribution >= 0.6 is 11.3 Å². The highest BCUT2D eigenvalue weighted by atomic mass is 32.1. The van der Waals surface area contributed by atoms with Gasteiger partial charge in [-0.05, 0) is 12.0 Å². The Morgan fingerprint density at radius 2 is 2.15 bits per heavy atom. The van der Waals surface area contributed by atoms with E-state index in [1.54, 1.807) is 6.07 Å². The summed E-state index contributed by atoms with van der Waals surface area (Å²) < 4.78 is 10.8. The van der Waals surface area contributed by atoms with Gasteiger partial charge in [-0.2, -0.15) is 0 Å². The molecule has 7 heteroatoms. The molecule has 0 radical (unpaired) electrons. The van der Waals surface area contributed by atoms with E-state index >= 15 is 0 Å². The second-order valence-electron chi connectivity index (χ2n) is 4.53. The van der Waals surface area contributed by atoms with Gasteiger partial charge < -0.3 is 14.3 Å². The van der Waals surface area contributed by atoms with Gasteiger partial charge in [0.1, 0.15) is 5.75 Å². The van der Waals surface area contributed by atoms with Crippen molar-refractivity contribution in [2.24, 2.45) is 0 Å². The van der Waals surface area contributed by atoms with Crippen molar-refractivity contribution in [3.63, 3.8) is 0 Å². The molecule has 0 atom stereocenters. The Labute approximate surface area is 120 Å². The van der Waals surface area contributed by atoms with E-state index in [9.17, 15) is 9.90 Å². The highest BCUT2D eigenvalue weighted by Crippen LogP contribution is 2.34. The van der Waals surface area contributed by atoms with Crippen molar-refractivity contribution in [1.29, 1.82) is 0 Å². The van der Waals surface area contributed by atoms with Crippen LogP contribution < -0.4 is 4.74 Å². The third kappa shape index (κ3) is 3.16. The molecule has 108 valence electrons. The summed E-state index contributed by atoms with van der Waals surface area (Å²) >= 11 is 1.23. The summed E-state index contributed by atoms with van der Waals surface area (Å²) in [5.41, 5.74) is 0. The van der Waals surface area contributed by atoms with Gasteiger partial charge in [0, 0.05) is 11.3 Å². The van der Waals surface area contributed by atoms with E-state index in [1.165, 1.54) is 11.3 Å². The van der Waals surface area contributed by atoms with Crippen LogP contribution in [0.2, 0.25) is 0 Å². The third-order valence-corrected chi connectivity index (χ3v) is 4.05. The summed E-state index contributed by atoms with van der Waals surface area (Å²) in [6, 6.07) is 1.76. The number of rotatable bonds is 6. The zero-order valence-corrected chi connectivity index (χ0v) is 12.4. The second-order valence-corrected chi connectivity index (χ2v) is 5.62. The third-order valence-electron chi connectivity index (χ3n) is 2.64. The van der Waals surface area contributed by atoms with E-state index in [0.29, 0.717) is 24.0 Å². The summed E-state index contributed by atoms with van der Waals surface area (Å²) in [4.78, 5) is 12.4. The van der Waals surface area contributed by atoms with Crippen LogP contribution in [-0.4, -0.2) is 21.3 Å². The van der Waals surface area contributed by atoms with Crippen molar-refractivity contribution in [3.05, 3.63) is 27.6 Å². The molecule has 6 nitrogen and oxygen atoms in total. The van der Waals surface area contributed by atoms with Crippen LogP contribution in [-0.2, 0) is 13.0 Å². The number of carboxylic acid groups (broad SMARTS) is 1. The van der Waals surface area contributed by atoms with Crippen molar-refractivity contribution >= 4 is 17.3 Å². The van der Waals surface area contributed by atoms with Crippen LogP contribution in [0.15, 0.2) is 10.5 Å². The smallest absolute Gasteiger partial charge is 0.349 e. The van der Waals surface area contributed by atoms with E-state index in [1.807, 2.05) is 20.8 Å². The summed E-state index contributed by atoms with van der Waals surface area (Å²) in [5, 5.41) is 16.8. The normalized spacial score (nSPS) is 11.0. The predicted molar refractivity (Wildman–Crippen MR) is 73.4 cm³/mol. The number of ether oxygens (including phenoxy) is 1. The van der Waals surface area contributed by atoms with E-state index in [-0.39, 0.29) is 17.4 Å². The molecule has 0 aliphatic rings. The number of aryl methyl sites for hydroxylation is 1. The van der Waals surface area contributed by atoms with Gasteiger partial charge >= 0.3 is 5.97 Å². The predicted octanol–water partition coefficient (Wildman–Crippen LogP) is 3.09. The van der Waals surface area contributed by atoms with Gasteiger partial charge in [-0.3, -0.25) is 0 Å². The quantitative estimate of drug-likeness (QED) is 0.881. The molecule has 20 heavy (non-hydrogen) atoms. The Balaban J connectivity index is 2.13. The monoisotopic (exact) mass is 296 g/mol. The molecule has 0 bridgehead atoms. The molecule has 0 unspecified atom stereocenters. The molecule has 0 fully saturated rings. The molecule has 0 saturated carbocycles. The second kappa shape index (κ2) is 6.04. The van der Waals surface area contributed by atoms with E-state index < -0.39 is 5.97 Å². The van der Waals surface area contributed by atoms with Crippen molar-refractivity contribution in [2.75, 3.05) is 0 Å². The van der Waals surface area contributed by atoms with Gasteiger partial charge in [0.25, 0.3) is 5.89 Å². The molecule has 0 aromatic carbocycles. The van der Waals surface area contributed by atoms with Gasteiger partial charge in [-0.1, -0.05) is 20.8 Å². The van der Waals surface area contributed by atoms with E-state index in [0.717, 1.165) is 4.88 Å². The summed E-state index contributed by atoms with van der Waals surface area (Å²) in [5.74, 6) is 0.496. The fraction of sp³-hybridized carbons (Fsp3) is 0.462. The molecule has 0 amide bonds. The van der Waals surface area contributed by atoms with Crippen LogP contribution in [0.3, 0.4) is 0 Å². The molecular formula is C13H16N2O4S. The Bertz CT molecular complexity index is 603. The van der Waals surface area contributed by atoms with Crippen molar-refractivity contribution in [1.82, 2.24) is 10.2 Å². The van der Waals surface area contributed by atoms with Gasteiger partial charge in [-0.15, -0.1) is 21.5 Å². The van der Waals surface area contributed by atoms with Crippen molar-refractivity contribution in [3.8, 4) is 5.75 Å². The first-order chi connectivity index (χ1) is 9.51. The largest absolute Gasteiger partial charge is 0.482 e. The molecule has 0 saturated heterocycles. The van der Waals surface area contributed by atoms with Crippen molar-refractivity contribution < 1.29 is 19.1 Å². The molecule has 2 aromatic rings. The molecule has 2 rings (SSSR count). The lowest BCUT2D eigenvalue weighted by Gasteiger charge is -2.01. The number of carbonyl (C=O) groups is 1. The Morgan fingerprint density at radius 1 is 1.45 bits per heavy atom. The Hall–Kier alpha value is -1.89. The number of carboxylic acids is 1. The van der Waals surface area contributed by atoms with Gasteiger partial charge in [-0.25, -0.2) is 4.79 Å².